The van der Waals surface area contributed by atoms with Crippen LogP contribution in [0.25, 0.3) is 0 Å². The van der Waals surface area contributed by atoms with Gasteiger partial charge in [0.25, 0.3) is 0 Å². The summed E-state index contributed by atoms with van der Waals surface area (Å²) in [6.45, 7) is 0. The number of hydrogen-bond donors (Lipinski definition) is 2. The predicted molar refractivity (Wildman–Crippen MR) is 22.6 cm³/mol. The van der Waals surface area contributed by atoms with E-state index in [9.17, 15) is 0 Å². The van der Waals surface area contributed by atoms with Crippen molar-refractivity contribution in [2.24, 2.45) is 0 Å². The summed E-state index contributed by atoms with van der Waals surface area (Å²) in [5.41, 5.74) is 0. The molecule has 1 saturated heterocycles. The van der Waals surface area contributed by atoms with Gasteiger partial charge < -0.3 is 1.43 Å². The van der Waals surface area contributed by atoms with Crippen molar-refractivity contribution in [1.29, 1.82) is 0 Å². The van der Waals surface area contributed by atoms with E-state index in [4.69, 9.17) is 9.11 Å². The van der Waals surface area contributed by atoms with E-state index in [1.807, 2.05) is 0 Å². The fraction of sp³-hybridized carbons (Fsp3) is 0. The molecule has 0 radical (unpaired) electrons. The van der Waals surface area contributed by atoms with Crippen molar-refractivity contribution in [1.82, 2.24) is 0 Å². The Hall–Kier alpha value is 1.58. The van der Waals surface area contributed by atoms with E-state index < -0.39 is 9.90 Å². The molecule has 0 aliphatic carbocycles. The average molecular weight is 138 g/mol. The third-order valence-electron chi connectivity index (χ3n) is 0.190. The molecular formula is H3NaO3S2. The first-order chi connectivity index (χ1) is 2.21. The molecular weight excluding hydrogens is 135 g/mol. The van der Waals surface area contributed by atoms with Crippen LogP contribution in [0, 0.1) is 0 Å². The van der Waals surface area contributed by atoms with E-state index in [-0.39, 0.29) is 31.0 Å². The molecule has 0 saturated carbocycles. The van der Waals surface area contributed by atoms with E-state index >= 15 is 0 Å². The summed E-state index contributed by atoms with van der Waals surface area (Å²) in [6, 6.07) is 0. The Morgan fingerprint density at radius 3 is 1.83 bits per heavy atom. The SMILES string of the molecule is OS1(O)OS1.[H-].[Na+]. The van der Waals surface area contributed by atoms with Crippen molar-refractivity contribution < 1.29 is 43.7 Å². The smallest absolute Gasteiger partial charge is 1.00 e. The molecule has 1 aliphatic heterocycles. The zero-order chi connectivity index (χ0) is 3.91. The molecule has 0 bridgehead atoms. The summed E-state index contributed by atoms with van der Waals surface area (Å²) in [7, 11) is -2.50. The molecule has 0 aromatic heterocycles. The van der Waals surface area contributed by atoms with Gasteiger partial charge in [-0.1, -0.05) is 0 Å². The van der Waals surface area contributed by atoms with Crippen molar-refractivity contribution >= 4 is 21.0 Å². The van der Waals surface area contributed by atoms with Gasteiger partial charge in [0.2, 0.25) is 0 Å². The molecule has 34 valence electrons. The van der Waals surface area contributed by atoms with Gasteiger partial charge in [-0.05, 0) is 0 Å². The largest absolute Gasteiger partial charge is 1.00 e. The van der Waals surface area contributed by atoms with Crippen LogP contribution in [0.1, 0.15) is 1.43 Å². The summed E-state index contributed by atoms with van der Waals surface area (Å²) < 4.78 is 20.0. The minimum atomic E-state index is -2.50. The normalized spacial score (nSPS) is 30.3. The maximum absolute atomic E-state index is 8.01. The van der Waals surface area contributed by atoms with E-state index in [2.05, 4.69) is 3.63 Å². The summed E-state index contributed by atoms with van der Waals surface area (Å²) in [6.07, 6.45) is 0. The fourth-order valence-electron chi connectivity index (χ4n) is 0.0248. The predicted octanol–water partition coefficient (Wildman–Crippen LogP) is -1.64. The van der Waals surface area contributed by atoms with Gasteiger partial charge in [-0.25, -0.2) is 0 Å². The van der Waals surface area contributed by atoms with E-state index in [1.54, 1.807) is 0 Å². The second-order valence-corrected chi connectivity index (χ2v) is 3.87. The molecule has 1 fully saturated rings. The van der Waals surface area contributed by atoms with Crippen LogP contribution >= 0.6 is 21.0 Å². The Morgan fingerprint density at radius 1 is 1.67 bits per heavy atom. The minimum absolute atomic E-state index is 0. The summed E-state index contributed by atoms with van der Waals surface area (Å²) in [5, 5.41) is 0. The molecule has 6 heteroatoms. The van der Waals surface area contributed by atoms with Gasteiger partial charge in [0.1, 0.15) is 11.1 Å². The Morgan fingerprint density at radius 2 is 1.83 bits per heavy atom. The zero-order valence-corrected chi connectivity index (χ0v) is 6.75. The first kappa shape index (κ1) is 7.58. The second kappa shape index (κ2) is 2.23. The summed E-state index contributed by atoms with van der Waals surface area (Å²) in [5.74, 6) is 0. The molecule has 0 aromatic carbocycles. The molecule has 1 heterocycles. The number of rotatable bonds is 0. The average Bonchev–Trinajstić information content (AvgIpc) is 1.76. The molecule has 1 rings (SSSR count). The van der Waals surface area contributed by atoms with E-state index in [0.29, 0.717) is 0 Å². The van der Waals surface area contributed by atoms with Crippen LogP contribution in [0.3, 0.4) is 0 Å². The molecule has 0 aromatic rings. The monoisotopic (exact) mass is 138 g/mol. The van der Waals surface area contributed by atoms with Crippen molar-refractivity contribution in [3.63, 3.8) is 0 Å². The van der Waals surface area contributed by atoms with Gasteiger partial charge in [0.15, 0.2) is 9.90 Å². The van der Waals surface area contributed by atoms with Gasteiger partial charge in [-0.15, -0.1) is 0 Å². The third kappa shape index (κ3) is 2.70. The van der Waals surface area contributed by atoms with Crippen LogP contribution in [-0.2, 0) is 3.63 Å². The van der Waals surface area contributed by atoms with Crippen LogP contribution in [0.4, 0.5) is 0 Å². The van der Waals surface area contributed by atoms with Crippen LogP contribution in [0.2, 0.25) is 0 Å². The van der Waals surface area contributed by atoms with Gasteiger partial charge in [-0.3, -0.25) is 9.11 Å². The third-order valence-corrected chi connectivity index (χ3v) is 1.71. The van der Waals surface area contributed by atoms with Gasteiger partial charge in [0, 0.05) is 0 Å². The second-order valence-electron chi connectivity index (χ2n) is 0.584. The molecule has 0 spiro atoms. The molecule has 0 atom stereocenters. The van der Waals surface area contributed by atoms with Crippen molar-refractivity contribution in [2.45, 2.75) is 0 Å². The van der Waals surface area contributed by atoms with Crippen LogP contribution < -0.4 is 29.6 Å². The number of hydrogen-bond acceptors (Lipinski definition) is 4. The Balaban J connectivity index is 0. The molecule has 3 nitrogen and oxygen atoms in total. The van der Waals surface area contributed by atoms with Crippen molar-refractivity contribution in [2.75, 3.05) is 0 Å². The van der Waals surface area contributed by atoms with Gasteiger partial charge in [0.05, 0.1) is 0 Å². The van der Waals surface area contributed by atoms with Crippen LogP contribution in [0.15, 0.2) is 0 Å². The Bertz CT molecular complexity index is 50.9. The van der Waals surface area contributed by atoms with Gasteiger partial charge >= 0.3 is 29.6 Å². The summed E-state index contributed by atoms with van der Waals surface area (Å²) >= 11 is 0.720. The summed E-state index contributed by atoms with van der Waals surface area (Å²) in [4.78, 5) is 0. The topological polar surface area (TPSA) is 53.0 Å². The molecule has 1 aliphatic rings. The van der Waals surface area contributed by atoms with E-state index in [1.165, 1.54) is 0 Å². The zero-order valence-electron chi connectivity index (χ0n) is 4.12. The Kier molecular flexibility index (Phi) is 2.82. The first-order valence-corrected chi connectivity index (χ1v) is 3.60. The maximum atomic E-state index is 8.01. The molecule has 0 amide bonds. The maximum Gasteiger partial charge on any atom is 1.00 e. The van der Waals surface area contributed by atoms with Crippen molar-refractivity contribution in [3.8, 4) is 0 Å². The standard InChI is InChI=1S/Na.H2O3S2.H/c;1-5(2)3-4-5;/h;1-2H;/q+1;;-1. The first-order valence-electron chi connectivity index (χ1n) is 0.865. The quantitative estimate of drug-likeness (QED) is 0.182. The van der Waals surface area contributed by atoms with Crippen molar-refractivity contribution in [3.05, 3.63) is 0 Å². The van der Waals surface area contributed by atoms with E-state index in [0.717, 1.165) is 11.1 Å². The molecule has 0 unspecified atom stereocenters. The fourth-order valence-corrected chi connectivity index (χ4v) is 0.671. The minimum Gasteiger partial charge on any atom is -1.00 e. The Labute approximate surface area is 64.4 Å². The molecule has 6 heavy (non-hydrogen) atoms. The van der Waals surface area contributed by atoms with Gasteiger partial charge in [-0.2, -0.15) is 3.63 Å². The molecule has 2 N–H and O–H groups in total. The van der Waals surface area contributed by atoms with Crippen LogP contribution in [-0.4, -0.2) is 9.11 Å². The van der Waals surface area contributed by atoms with Crippen LogP contribution in [0.5, 0.6) is 0 Å².